The molecule has 1 aliphatic rings. The lowest BCUT2D eigenvalue weighted by Gasteiger charge is -2.34. The Morgan fingerprint density at radius 2 is 2.00 bits per heavy atom. The predicted octanol–water partition coefficient (Wildman–Crippen LogP) is 0.649. The first-order valence-corrected chi connectivity index (χ1v) is 10.2. The number of nitrogens with one attached hydrogen (secondary N) is 1. The molecule has 9 nitrogen and oxygen atoms in total. The van der Waals surface area contributed by atoms with Crippen LogP contribution in [0.15, 0.2) is 36.8 Å². The van der Waals surface area contributed by atoms with E-state index in [9.17, 15) is 9.90 Å². The smallest absolute Gasteiger partial charge is 0.234 e. The Labute approximate surface area is 175 Å². The fraction of sp³-hybridized carbons (Fsp3) is 0.429. The summed E-state index contributed by atoms with van der Waals surface area (Å²) in [6, 6.07) is 6.18. The standard InChI is InChI=1S/C21H27N7O2/c1-15(29)10-23-21(30)14-27-5-7-28(8-6-27)20-13-22-12-18(25-20)16-3-4-17-11-24-26(2)19(17)9-16/h3-4,9,11-13,15,29H,5-8,10,14H2,1-2H3,(H,23,30)/t15-/m0/s1. The highest BCUT2D eigenvalue weighted by molar-refractivity contribution is 5.83. The van der Waals surface area contributed by atoms with Crippen molar-refractivity contribution in [2.75, 3.05) is 44.2 Å². The van der Waals surface area contributed by atoms with Gasteiger partial charge < -0.3 is 15.3 Å². The van der Waals surface area contributed by atoms with E-state index in [0.717, 1.165) is 54.2 Å². The molecule has 0 unspecified atom stereocenters. The number of aliphatic hydroxyl groups is 1. The van der Waals surface area contributed by atoms with Crippen LogP contribution in [0.1, 0.15) is 6.92 Å². The van der Waals surface area contributed by atoms with Gasteiger partial charge in [0.15, 0.2) is 0 Å². The van der Waals surface area contributed by atoms with E-state index in [2.05, 4.69) is 31.3 Å². The van der Waals surface area contributed by atoms with Crippen molar-refractivity contribution in [2.24, 2.45) is 7.05 Å². The van der Waals surface area contributed by atoms with Crippen molar-refractivity contribution >= 4 is 22.6 Å². The normalized spacial score (nSPS) is 16.0. The van der Waals surface area contributed by atoms with Crippen molar-refractivity contribution in [3.05, 3.63) is 36.8 Å². The third kappa shape index (κ3) is 4.58. The first-order valence-electron chi connectivity index (χ1n) is 10.2. The Hall–Kier alpha value is -3.04. The summed E-state index contributed by atoms with van der Waals surface area (Å²) in [5.74, 6) is 0.785. The van der Waals surface area contributed by atoms with Crippen LogP contribution >= 0.6 is 0 Å². The topological polar surface area (TPSA) is 99.4 Å². The molecule has 1 saturated heterocycles. The summed E-state index contributed by atoms with van der Waals surface area (Å²) in [4.78, 5) is 25.5. The number of benzene rings is 1. The number of nitrogens with zero attached hydrogens (tertiary/aromatic N) is 6. The molecule has 0 aliphatic carbocycles. The number of anilines is 1. The summed E-state index contributed by atoms with van der Waals surface area (Å²) in [6.45, 7) is 5.39. The highest BCUT2D eigenvalue weighted by Gasteiger charge is 2.20. The molecule has 1 amide bonds. The maximum absolute atomic E-state index is 12.0. The van der Waals surface area contributed by atoms with Crippen LogP contribution in [-0.4, -0.2) is 81.0 Å². The average Bonchev–Trinajstić information content (AvgIpc) is 3.13. The van der Waals surface area contributed by atoms with Gasteiger partial charge in [0.05, 0.1) is 42.4 Å². The second kappa shape index (κ2) is 8.76. The highest BCUT2D eigenvalue weighted by atomic mass is 16.3. The summed E-state index contributed by atoms with van der Waals surface area (Å²) in [5.41, 5.74) is 2.89. The van der Waals surface area contributed by atoms with Crippen LogP contribution in [0.2, 0.25) is 0 Å². The molecule has 1 atom stereocenters. The SMILES string of the molecule is C[C@H](O)CNC(=O)CN1CCN(c2cncc(-c3ccc4cnn(C)c4c3)n2)CC1. The van der Waals surface area contributed by atoms with E-state index in [4.69, 9.17) is 4.98 Å². The number of carbonyl (C=O) groups is 1. The van der Waals surface area contributed by atoms with Gasteiger partial charge in [-0.15, -0.1) is 0 Å². The minimum absolute atomic E-state index is 0.0586. The van der Waals surface area contributed by atoms with Crippen molar-refractivity contribution in [3.63, 3.8) is 0 Å². The maximum Gasteiger partial charge on any atom is 0.234 e. The fourth-order valence-corrected chi connectivity index (χ4v) is 3.61. The molecule has 1 aliphatic heterocycles. The number of amides is 1. The zero-order chi connectivity index (χ0) is 21.1. The fourth-order valence-electron chi connectivity index (χ4n) is 3.61. The van der Waals surface area contributed by atoms with Gasteiger partial charge in [-0.3, -0.25) is 19.4 Å². The molecule has 9 heteroatoms. The molecule has 0 radical (unpaired) electrons. The second-order valence-electron chi connectivity index (χ2n) is 7.72. The predicted molar refractivity (Wildman–Crippen MR) is 115 cm³/mol. The van der Waals surface area contributed by atoms with Crippen LogP contribution < -0.4 is 10.2 Å². The lowest BCUT2D eigenvalue weighted by Crippen LogP contribution is -2.50. The van der Waals surface area contributed by atoms with E-state index in [1.165, 1.54) is 0 Å². The Balaban J connectivity index is 1.40. The van der Waals surface area contributed by atoms with Gasteiger partial charge in [0.1, 0.15) is 5.82 Å². The van der Waals surface area contributed by atoms with Crippen molar-refractivity contribution < 1.29 is 9.90 Å². The van der Waals surface area contributed by atoms with Gasteiger partial charge in [0.25, 0.3) is 0 Å². The van der Waals surface area contributed by atoms with Gasteiger partial charge in [-0.25, -0.2) is 4.98 Å². The third-order valence-corrected chi connectivity index (χ3v) is 5.32. The minimum Gasteiger partial charge on any atom is -0.392 e. The molecule has 0 spiro atoms. The third-order valence-electron chi connectivity index (χ3n) is 5.32. The molecule has 1 aromatic carbocycles. The summed E-state index contributed by atoms with van der Waals surface area (Å²) in [6.07, 6.45) is 4.89. The van der Waals surface area contributed by atoms with E-state index in [0.29, 0.717) is 6.54 Å². The molecular weight excluding hydrogens is 382 g/mol. The molecular formula is C21H27N7O2. The molecule has 2 N–H and O–H groups in total. The summed E-state index contributed by atoms with van der Waals surface area (Å²) in [5, 5.41) is 17.4. The van der Waals surface area contributed by atoms with Crippen LogP contribution in [0.4, 0.5) is 5.82 Å². The van der Waals surface area contributed by atoms with Gasteiger partial charge >= 0.3 is 0 Å². The highest BCUT2D eigenvalue weighted by Crippen LogP contribution is 2.24. The molecule has 4 rings (SSSR count). The number of carbonyl (C=O) groups excluding carboxylic acids is 1. The van der Waals surface area contributed by atoms with Crippen molar-refractivity contribution in [1.29, 1.82) is 0 Å². The summed E-state index contributed by atoms with van der Waals surface area (Å²) in [7, 11) is 1.93. The number of aromatic nitrogens is 4. The second-order valence-corrected chi connectivity index (χ2v) is 7.72. The van der Waals surface area contributed by atoms with Gasteiger partial charge in [0.2, 0.25) is 5.91 Å². The van der Waals surface area contributed by atoms with Gasteiger partial charge in [-0.2, -0.15) is 5.10 Å². The van der Waals surface area contributed by atoms with Crippen LogP contribution in [0.5, 0.6) is 0 Å². The summed E-state index contributed by atoms with van der Waals surface area (Å²) < 4.78 is 1.85. The monoisotopic (exact) mass is 409 g/mol. The minimum atomic E-state index is -0.532. The zero-order valence-corrected chi connectivity index (χ0v) is 17.3. The number of aliphatic hydroxyl groups excluding tert-OH is 1. The first-order chi connectivity index (χ1) is 14.5. The number of aryl methyl sites for hydroxylation is 1. The Kier molecular flexibility index (Phi) is 5.91. The number of hydrogen-bond acceptors (Lipinski definition) is 7. The molecule has 30 heavy (non-hydrogen) atoms. The van der Waals surface area contributed by atoms with E-state index in [1.54, 1.807) is 19.3 Å². The van der Waals surface area contributed by atoms with E-state index < -0.39 is 6.10 Å². The molecule has 3 heterocycles. The molecule has 0 saturated carbocycles. The Morgan fingerprint density at radius 3 is 2.77 bits per heavy atom. The van der Waals surface area contributed by atoms with Gasteiger partial charge in [-0.1, -0.05) is 12.1 Å². The molecule has 1 fully saturated rings. The van der Waals surface area contributed by atoms with Crippen LogP contribution in [0.3, 0.4) is 0 Å². The number of hydrogen-bond donors (Lipinski definition) is 2. The number of fused-ring (bicyclic) bond motifs is 1. The summed E-state index contributed by atoms with van der Waals surface area (Å²) >= 11 is 0. The average molecular weight is 409 g/mol. The molecule has 158 valence electrons. The van der Waals surface area contributed by atoms with Crippen molar-refractivity contribution in [1.82, 2.24) is 30.0 Å². The molecule has 2 aromatic heterocycles. The quantitative estimate of drug-likeness (QED) is 0.617. The van der Waals surface area contributed by atoms with Crippen molar-refractivity contribution in [2.45, 2.75) is 13.0 Å². The van der Waals surface area contributed by atoms with E-state index in [-0.39, 0.29) is 12.5 Å². The van der Waals surface area contributed by atoms with E-state index in [1.807, 2.05) is 30.1 Å². The lowest BCUT2D eigenvalue weighted by molar-refractivity contribution is -0.122. The van der Waals surface area contributed by atoms with Crippen LogP contribution in [-0.2, 0) is 11.8 Å². The largest absolute Gasteiger partial charge is 0.392 e. The first kappa shape index (κ1) is 20.2. The van der Waals surface area contributed by atoms with Crippen LogP contribution in [0, 0.1) is 0 Å². The number of rotatable bonds is 6. The van der Waals surface area contributed by atoms with Crippen molar-refractivity contribution in [3.8, 4) is 11.3 Å². The van der Waals surface area contributed by atoms with Crippen LogP contribution in [0.25, 0.3) is 22.2 Å². The Morgan fingerprint density at radius 1 is 1.20 bits per heavy atom. The lowest BCUT2D eigenvalue weighted by atomic mass is 10.1. The maximum atomic E-state index is 12.0. The van der Waals surface area contributed by atoms with Gasteiger partial charge in [0, 0.05) is 50.7 Å². The zero-order valence-electron chi connectivity index (χ0n) is 17.3. The van der Waals surface area contributed by atoms with E-state index >= 15 is 0 Å². The molecule has 0 bridgehead atoms. The number of piperazine rings is 1. The Bertz CT molecular complexity index is 1030. The van der Waals surface area contributed by atoms with Gasteiger partial charge in [-0.05, 0) is 13.0 Å². The molecule has 3 aromatic rings.